The van der Waals surface area contributed by atoms with Crippen LogP contribution in [0.3, 0.4) is 0 Å². The van der Waals surface area contributed by atoms with Crippen LogP contribution in [0, 0.1) is 23.4 Å². The smallest absolute Gasteiger partial charge is 0.338 e. The highest BCUT2D eigenvalue weighted by atomic mass is 19.4. The molecule has 0 atom stereocenters. The summed E-state index contributed by atoms with van der Waals surface area (Å²) in [4.78, 5) is 38.6. The Morgan fingerprint density at radius 2 is 1.74 bits per heavy atom. The van der Waals surface area contributed by atoms with Crippen LogP contribution >= 0.6 is 0 Å². The van der Waals surface area contributed by atoms with E-state index in [1.54, 1.807) is 0 Å². The Hall–Kier alpha value is -3.90. The molecule has 1 saturated carbocycles. The van der Waals surface area contributed by atoms with Crippen molar-refractivity contribution in [2.45, 2.75) is 31.5 Å². The third-order valence-electron chi connectivity index (χ3n) is 6.74. The minimum absolute atomic E-state index is 0.00955. The highest BCUT2D eigenvalue weighted by Crippen LogP contribution is 2.33. The standard InChI is InChI=1S/C25H20F6N4O3/c26-14-1-4-16-17(7-14)22(36)33-32-21(16)6-13-5-18(20(28)8-19(13)27)23(37)34-9-12(10-34)11-35(15-2-3-15)24(38)25(29,30)31/h1,4-5,7-8,12,15H,2-3,6,9-11H2,(H,33,36). The Morgan fingerprint density at radius 1 is 1.03 bits per heavy atom. The van der Waals surface area contributed by atoms with E-state index in [-0.39, 0.29) is 48.1 Å². The van der Waals surface area contributed by atoms with E-state index in [0.717, 1.165) is 23.1 Å². The molecule has 2 fully saturated rings. The molecule has 200 valence electrons. The zero-order valence-corrected chi connectivity index (χ0v) is 19.6. The fourth-order valence-corrected chi connectivity index (χ4v) is 4.65. The molecule has 2 heterocycles. The van der Waals surface area contributed by atoms with Gasteiger partial charge in [-0.3, -0.25) is 14.4 Å². The number of halogens is 6. The molecular weight excluding hydrogens is 518 g/mol. The Labute approximate surface area is 211 Å². The van der Waals surface area contributed by atoms with E-state index >= 15 is 0 Å². The van der Waals surface area contributed by atoms with Gasteiger partial charge in [0.2, 0.25) is 0 Å². The molecule has 1 N–H and O–H groups in total. The lowest BCUT2D eigenvalue weighted by molar-refractivity contribution is -0.187. The molecular formula is C25H20F6N4O3. The second-order valence-electron chi connectivity index (χ2n) is 9.55. The number of H-pyrrole nitrogens is 1. The van der Waals surface area contributed by atoms with Crippen molar-refractivity contribution in [1.82, 2.24) is 20.0 Å². The number of fused-ring (bicyclic) bond motifs is 1. The van der Waals surface area contributed by atoms with E-state index in [2.05, 4.69) is 10.2 Å². The summed E-state index contributed by atoms with van der Waals surface area (Å²) in [5.74, 6) is -5.84. The molecule has 1 aliphatic carbocycles. The van der Waals surface area contributed by atoms with Gasteiger partial charge in [0.05, 0.1) is 16.6 Å². The summed E-state index contributed by atoms with van der Waals surface area (Å²) in [6.07, 6.45) is -4.27. The molecule has 3 aromatic rings. The van der Waals surface area contributed by atoms with Crippen LogP contribution in [0.2, 0.25) is 0 Å². The fraction of sp³-hybridized carbons (Fsp3) is 0.360. The summed E-state index contributed by atoms with van der Waals surface area (Å²) >= 11 is 0. The highest BCUT2D eigenvalue weighted by molar-refractivity contribution is 5.95. The van der Waals surface area contributed by atoms with Gasteiger partial charge < -0.3 is 9.80 Å². The van der Waals surface area contributed by atoms with Crippen molar-refractivity contribution < 1.29 is 35.9 Å². The number of alkyl halides is 3. The summed E-state index contributed by atoms with van der Waals surface area (Å²) in [6, 6.07) is 4.51. The number of amides is 2. The number of likely N-dealkylation sites (tertiary alicyclic amines) is 1. The molecule has 1 aliphatic heterocycles. The number of carbonyl (C=O) groups excluding carboxylic acids is 2. The van der Waals surface area contributed by atoms with Crippen LogP contribution in [0.25, 0.3) is 10.8 Å². The molecule has 0 radical (unpaired) electrons. The lowest BCUT2D eigenvalue weighted by atomic mass is 9.96. The average molecular weight is 538 g/mol. The number of aromatic nitrogens is 2. The number of carbonyl (C=O) groups is 2. The summed E-state index contributed by atoms with van der Waals surface area (Å²) in [7, 11) is 0. The Bertz CT molecular complexity index is 1490. The summed E-state index contributed by atoms with van der Waals surface area (Å²) in [5, 5.41) is 6.34. The molecule has 0 spiro atoms. The Morgan fingerprint density at radius 3 is 2.39 bits per heavy atom. The van der Waals surface area contributed by atoms with Crippen LogP contribution in [0.1, 0.15) is 34.5 Å². The monoisotopic (exact) mass is 538 g/mol. The van der Waals surface area contributed by atoms with Gasteiger partial charge in [0.1, 0.15) is 17.5 Å². The van der Waals surface area contributed by atoms with E-state index in [4.69, 9.17) is 0 Å². The maximum atomic E-state index is 14.6. The number of rotatable bonds is 6. The maximum absolute atomic E-state index is 14.6. The summed E-state index contributed by atoms with van der Waals surface area (Å²) < 4.78 is 81.5. The van der Waals surface area contributed by atoms with Crippen molar-refractivity contribution >= 4 is 22.6 Å². The van der Waals surface area contributed by atoms with Crippen LogP contribution in [0.15, 0.2) is 35.1 Å². The molecule has 2 amide bonds. The lowest BCUT2D eigenvalue weighted by Gasteiger charge is -2.42. The molecule has 7 nitrogen and oxygen atoms in total. The normalized spacial score (nSPS) is 16.0. The van der Waals surface area contributed by atoms with E-state index in [0.29, 0.717) is 18.9 Å². The van der Waals surface area contributed by atoms with Gasteiger partial charge in [-0.15, -0.1) is 0 Å². The van der Waals surface area contributed by atoms with E-state index in [1.807, 2.05) is 0 Å². The predicted molar refractivity (Wildman–Crippen MR) is 122 cm³/mol. The molecule has 2 aliphatic rings. The maximum Gasteiger partial charge on any atom is 0.471 e. The summed E-state index contributed by atoms with van der Waals surface area (Å²) in [5.41, 5.74) is -1.03. The molecule has 0 unspecified atom stereocenters. The second kappa shape index (κ2) is 9.44. The van der Waals surface area contributed by atoms with Gasteiger partial charge in [-0.05, 0) is 42.7 Å². The van der Waals surface area contributed by atoms with Crippen LogP contribution in [0.4, 0.5) is 26.3 Å². The minimum atomic E-state index is -4.99. The summed E-state index contributed by atoms with van der Waals surface area (Å²) in [6.45, 7) is -0.149. The van der Waals surface area contributed by atoms with Crippen molar-refractivity contribution in [3.05, 3.63) is 75.0 Å². The van der Waals surface area contributed by atoms with Crippen molar-refractivity contribution in [3.8, 4) is 0 Å². The quantitative estimate of drug-likeness (QED) is 0.487. The zero-order valence-electron chi connectivity index (χ0n) is 19.6. The largest absolute Gasteiger partial charge is 0.471 e. The van der Waals surface area contributed by atoms with Gasteiger partial charge >= 0.3 is 12.1 Å². The highest BCUT2D eigenvalue weighted by Gasteiger charge is 2.48. The Balaban J connectivity index is 1.32. The molecule has 0 bridgehead atoms. The first-order valence-electron chi connectivity index (χ1n) is 11.7. The number of hydrogen-bond acceptors (Lipinski definition) is 4. The number of nitrogens with zero attached hydrogens (tertiary/aromatic N) is 3. The third-order valence-corrected chi connectivity index (χ3v) is 6.74. The van der Waals surface area contributed by atoms with Gasteiger partial charge in [-0.1, -0.05) is 0 Å². The van der Waals surface area contributed by atoms with E-state index < -0.39 is 58.5 Å². The molecule has 38 heavy (non-hydrogen) atoms. The molecule has 13 heteroatoms. The van der Waals surface area contributed by atoms with Crippen LogP contribution in [0.5, 0.6) is 0 Å². The predicted octanol–water partition coefficient (Wildman–Crippen LogP) is 3.56. The number of hydrogen-bond donors (Lipinski definition) is 1. The number of nitrogens with one attached hydrogen (secondary N) is 1. The molecule has 1 saturated heterocycles. The first-order chi connectivity index (χ1) is 17.9. The average Bonchev–Trinajstić information content (AvgIpc) is 3.66. The fourth-order valence-electron chi connectivity index (χ4n) is 4.65. The number of benzene rings is 2. The van der Waals surface area contributed by atoms with Gasteiger partial charge in [-0.25, -0.2) is 18.3 Å². The van der Waals surface area contributed by atoms with Gasteiger partial charge in [0.15, 0.2) is 0 Å². The minimum Gasteiger partial charge on any atom is -0.338 e. The van der Waals surface area contributed by atoms with Gasteiger partial charge in [-0.2, -0.15) is 18.3 Å². The van der Waals surface area contributed by atoms with Crippen molar-refractivity contribution in [1.29, 1.82) is 0 Å². The van der Waals surface area contributed by atoms with Crippen molar-refractivity contribution in [2.75, 3.05) is 19.6 Å². The zero-order chi connectivity index (χ0) is 27.4. The second-order valence-corrected chi connectivity index (χ2v) is 9.55. The SMILES string of the molecule is O=C(c1cc(Cc2n[nH]c(=O)c3cc(F)ccc23)c(F)cc1F)N1CC(CN(C(=O)C(F)(F)F)C2CC2)C1. The topological polar surface area (TPSA) is 86.4 Å². The van der Waals surface area contributed by atoms with Gasteiger partial charge in [0, 0.05) is 49.5 Å². The van der Waals surface area contributed by atoms with Gasteiger partial charge in [0.25, 0.3) is 11.5 Å². The van der Waals surface area contributed by atoms with E-state index in [9.17, 15) is 40.7 Å². The van der Waals surface area contributed by atoms with Crippen LogP contribution in [-0.2, 0) is 11.2 Å². The third kappa shape index (κ3) is 4.96. The van der Waals surface area contributed by atoms with Crippen LogP contribution < -0.4 is 5.56 Å². The Kier molecular flexibility index (Phi) is 6.40. The van der Waals surface area contributed by atoms with E-state index in [1.165, 1.54) is 11.0 Å². The molecule has 5 rings (SSSR count). The van der Waals surface area contributed by atoms with Crippen LogP contribution in [-0.4, -0.2) is 63.7 Å². The lowest BCUT2D eigenvalue weighted by Crippen LogP contribution is -2.56. The first-order valence-corrected chi connectivity index (χ1v) is 11.7. The molecule has 1 aromatic heterocycles. The van der Waals surface area contributed by atoms with Crippen molar-refractivity contribution in [3.63, 3.8) is 0 Å². The van der Waals surface area contributed by atoms with Crippen molar-refractivity contribution in [2.24, 2.45) is 5.92 Å². The first kappa shape index (κ1) is 25.7. The number of aromatic amines is 1. The molecule has 2 aromatic carbocycles.